The Kier molecular flexibility index (Phi) is 13.4. The summed E-state index contributed by atoms with van der Waals surface area (Å²) in [5, 5.41) is 4.05. The van der Waals surface area contributed by atoms with Gasteiger partial charge in [0.2, 0.25) is 0 Å². The molecule has 0 spiro atoms. The lowest BCUT2D eigenvalue weighted by molar-refractivity contribution is -0.141. The third-order valence-electron chi connectivity index (χ3n) is 11.8. The van der Waals surface area contributed by atoms with Gasteiger partial charge in [-0.3, -0.25) is 19.2 Å². The third kappa shape index (κ3) is 8.66. The maximum absolute atomic E-state index is 12.7. The zero-order valence-corrected chi connectivity index (χ0v) is 37.9. The number of ether oxygens (including phenoxy) is 4. The second-order valence-corrected chi connectivity index (χ2v) is 17.1. The van der Waals surface area contributed by atoms with Crippen molar-refractivity contribution in [1.82, 2.24) is 19.9 Å². The first kappa shape index (κ1) is 44.0. The molecule has 0 fully saturated rings. The molecule has 62 heavy (non-hydrogen) atoms. The summed E-state index contributed by atoms with van der Waals surface area (Å²) in [6.45, 7) is 8.17. The predicted octanol–water partition coefficient (Wildman–Crippen LogP) is 10.4. The van der Waals surface area contributed by atoms with Crippen LogP contribution >= 0.6 is 22.7 Å². The van der Waals surface area contributed by atoms with E-state index in [0.29, 0.717) is 37.1 Å². The van der Waals surface area contributed by atoms with Crippen LogP contribution in [0, 0.1) is 13.8 Å². The lowest BCUT2D eigenvalue weighted by atomic mass is 9.96. The Morgan fingerprint density at radius 3 is 1.23 bits per heavy atom. The number of aromatic amines is 2. The van der Waals surface area contributed by atoms with Crippen molar-refractivity contribution in [2.24, 2.45) is 0 Å². The van der Waals surface area contributed by atoms with E-state index in [9.17, 15) is 19.2 Å². The molecule has 0 radical (unpaired) electrons. The minimum absolute atomic E-state index is 0.152. The molecule has 322 valence electrons. The Labute approximate surface area is 368 Å². The molecule has 2 N–H and O–H groups in total. The van der Waals surface area contributed by atoms with Crippen LogP contribution in [0.5, 0.6) is 0 Å². The van der Waals surface area contributed by atoms with Gasteiger partial charge in [-0.15, -0.1) is 22.7 Å². The summed E-state index contributed by atoms with van der Waals surface area (Å²) in [7, 11) is 5.56. The molecule has 14 heteroatoms. The number of carbonyl (C=O) groups excluding carboxylic acids is 4. The van der Waals surface area contributed by atoms with Crippen LogP contribution in [-0.4, -0.2) is 72.3 Å². The molecule has 0 aliphatic carbocycles. The Balaban J connectivity index is 1.71. The van der Waals surface area contributed by atoms with Crippen molar-refractivity contribution < 1.29 is 38.1 Å². The predicted molar refractivity (Wildman–Crippen MR) is 245 cm³/mol. The summed E-state index contributed by atoms with van der Waals surface area (Å²) in [6.07, 6.45) is 2.17. The lowest BCUT2D eigenvalue weighted by Gasteiger charge is -2.07. The molecule has 0 saturated heterocycles. The van der Waals surface area contributed by atoms with Crippen molar-refractivity contribution in [2.75, 3.05) is 28.4 Å². The Morgan fingerprint density at radius 2 is 0.903 bits per heavy atom. The van der Waals surface area contributed by atoms with E-state index in [1.165, 1.54) is 28.4 Å². The summed E-state index contributed by atoms with van der Waals surface area (Å²) in [5.41, 5.74) is 15.2. The zero-order chi connectivity index (χ0) is 44.2. The number of methoxy groups -OCH3 is 4. The molecule has 2 aliphatic heterocycles. The minimum atomic E-state index is -0.329. The maximum atomic E-state index is 12.7. The van der Waals surface area contributed by atoms with Crippen LogP contribution in [0.25, 0.3) is 65.2 Å². The number of fused-ring (bicyclic) bond motifs is 8. The van der Waals surface area contributed by atoms with Crippen LogP contribution in [0.4, 0.5) is 0 Å². The molecule has 8 bridgehead atoms. The summed E-state index contributed by atoms with van der Waals surface area (Å²) in [5.74, 6) is -1.31. The number of hydrogen-bond acceptors (Lipinski definition) is 12. The van der Waals surface area contributed by atoms with Gasteiger partial charge in [-0.2, -0.15) is 0 Å². The van der Waals surface area contributed by atoms with E-state index in [4.69, 9.17) is 28.9 Å². The third-order valence-corrected chi connectivity index (χ3v) is 13.6. The number of aryl methyl sites for hydroxylation is 4. The van der Waals surface area contributed by atoms with Crippen molar-refractivity contribution in [1.29, 1.82) is 0 Å². The number of allylic oxidation sites excluding steroid dienone is 4. The average molecular weight is 875 g/mol. The molecule has 2 aliphatic rings. The summed E-state index contributed by atoms with van der Waals surface area (Å²) >= 11 is 3.18. The molecule has 0 unspecified atom stereocenters. The van der Waals surface area contributed by atoms with Crippen molar-refractivity contribution in [3.63, 3.8) is 0 Å². The van der Waals surface area contributed by atoms with Gasteiger partial charge >= 0.3 is 23.9 Å². The molecule has 5 aromatic heterocycles. The molecule has 0 saturated carbocycles. The number of H-pyrrole nitrogens is 2. The summed E-state index contributed by atoms with van der Waals surface area (Å²) < 4.78 is 20.4. The Bertz CT molecular complexity index is 2620. The molecule has 0 aromatic carbocycles. The van der Waals surface area contributed by atoms with Crippen molar-refractivity contribution >= 4 is 90.9 Å². The van der Waals surface area contributed by atoms with Crippen LogP contribution in [-0.2, 0) is 51.0 Å². The van der Waals surface area contributed by atoms with Crippen LogP contribution < -0.4 is 0 Å². The number of nitrogens with zero attached hydrogens (tertiary/aromatic N) is 2. The normalized spacial score (nSPS) is 12.5. The van der Waals surface area contributed by atoms with Crippen LogP contribution in [0.2, 0.25) is 0 Å². The quantitative estimate of drug-likeness (QED) is 0.0811. The monoisotopic (exact) mass is 874 g/mol. The highest BCUT2D eigenvalue weighted by Gasteiger charge is 2.28. The van der Waals surface area contributed by atoms with Crippen LogP contribution in [0.1, 0.15) is 97.4 Å². The highest BCUT2D eigenvalue weighted by molar-refractivity contribution is 7.14. The van der Waals surface area contributed by atoms with Gasteiger partial charge in [0.05, 0.1) is 62.2 Å². The SMILES string of the molecule is COC(=O)CCC1=C(C)c2nc1cc1[nH]c(c(C)c1CCC(=O)OC)c(-c1cccs1)c1nc(cc3[nH]c(c(C)c3CCC(=O)OC)c2-c2cccs2)C(CCC(=O)OC)=C1C. The van der Waals surface area contributed by atoms with Gasteiger partial charge < -0.3 is 28.9 Å². The van der Waals surface area contributed by atoms with E-state index in [-0.39, 0.29) is 49.6 Å². The number of hydrogen-bond donors (Lipinski definition) is 2. The van der Waals surface area contributed by atoms with E-state index in [1.807, 2.05) is 62.7 Å². The first-order chi connectivity index (χ1) is 29.9. The standard InChI is InChI=1S/C48H50N4O8S2/c1-25-29(13-17-39(53)57-5)33-23-34-31(15-19-41(55)59-7)27(3)47(51-34)44(38-12-10-22-62-38)48-28(4)32(16-20-42(56)60-8)36(52-48)24-35-30(14-18-40(54)58-6)26(2)46(50-35)43(45(25)49-33)37-11-9-21-61-37/h9-12,21-24,49,52H,13-20H2,1-8H3. The first-order valence-electron chi connectivity index (χ1n) is 20.4. The summed E-state index contributed by atoms with van der Waals surface area (Å²) in [6, 6.07) is 12.2. The fourth-order valence-electron chi connectivity index (χ4n) is 8.42. The van der Waals surface area contributed by atoms with Gasteiger partial charge in [0.1, 0.15) is 0 Å². The zero-order valence-electron chi connectivity index (χ0n) is 36.3. The largest absolute Gasteiger partial charge is 0.469 e. The first-order valence-corrected chi connectivity index (χ1v) is 22.2. The highest BCUT2D eigenvalue weighted by Crippen LogP contribution is 2.45. The molecule has 7 heterocycles. The molecular weight excluding hydrogens is 825 g/mol. The molecule has 5 aromatic rings. The highest BCUT2D eigenvalue weighted by atomic mass is 32.1. The fraction of sp³-hybridized carbons (Fsp3) is 0.333. The van der Waals surface area contributed by atoms with Gasteiger partial charge in [-0.1, -0.05) is 12.1 Å². The fourth-order valence-corrected chi connectivity index (χ4v) is 9.98. The topological polar surface area (TPSA) is 163 Å². The number of nitrogens with one attached hydrogen (secondary N) is 2. The molecule has 0 atom stereocenters. The van der Waals surface area contributed by atoms with Crippen molar-refractivity contribution in [2.45, 2.75) is 79.1 Å². The second-order valence-electron chi connectivity index (χ2n) is 15.2. The second kappa shape index (κ2) is 18.9. The van der Waals surface area contributed by atoms with Crippen molar-refractivity contribution in [3.05, 3.63) is 92.2 Å². The van der Waals surface area contributed by atoms with E-state index in [0.717, 1.165) is 98.9 Å². The average Bonchev–Trinajstić information content (AvgIpc) is 4.15. The van der Waals surface area contributed by atoms with Crippen LogP contribution in [0.15, 0.2) is 47.2 Å². The maximum Gasteiger partial charge on any atom is 0.305 e. The number of aromatic nitrogens is 4. The van der Waals surface area contributed by atoms with Gasteiger partial charge in [0.15, 0.2) is 0 Å². The molecule has 12 nitrogen and oxygen atoms in total. The van der Waals surface area contributed by atoms with Gasteiger partial charge in [0.25, 0.3) is 0 Å². The van der Waals surface area contributed by atoms with E-state index in [2.05, 4.69) is 22.1 Å². The number of carbonyl (C=O) groups is 4. The van der Waals surface area contributed by atoms with Crippen molar-refractivity contribution in [3.8, 4) is 20.9 Å². The smallest absolute Gasteiger partial charge is 0.305 e. The number of rotatable bonds is 14. The van der Waals surface area contributed by atoms with Gasteiger partial charge in [0, 0.05) is 57.6 Å². The minimum Gasteiger partial charge on any atom is -0.469 e. The summed E-state index contributed by atoms with van der Waals surface area (Å²) in [4.78, 5) is 71.1. The number of esters is 4. The van der Waals surface area contributed by atoms with E-state index in [1.54, 1.807) is 22.7 Å². The lowest BCUT2D eigenvalue weighted by Crippen LogP contribution is -2.02. The number of thiophene rings is 2. The van der Waals surface area contributed by atoms with E-state index < -0.39 is 0 Å². The van der Waals surface area contributed by atoms with E-state index >= 15 is 0 Å². The molecular formula is C48H50N4O8S2. The Morgan fingerprint density at radius 1 is 0.548 bits per heavy atom. The molecule has 0 amide bonds. The Hall–Kier alpha value is -6.12. The van der Waals surface area contributed by atoms with Crippen LogP contribution in [0.3, 0.4) is 0 Å². The van der Waals surface area contributed by atoms with Gasteiger partial charge in [-0.25, -0.2) is 9.97 Å². The molecule has 7 rings (SSSR count). The van der Waals surface area contributed by atoms with Gasteiger partial charge in [-0.05, 0) is 133 Å².